The summed E-state index contributed by atoms with van der Waals surface area (Å²) in [6.07, 6.45) is 2.34. The van der Waals surface area contributed by atoms with Gasteiger partial charge in [-0.05, 0) is 32.2 Å². The van der Waals surface area contributed by atoms with Crippen molar-refractivity contribution in [2.24, 2.45) is 11.7 Å². The number of methoxy groups -OCH3 is 1. The van der Waals surface area contributed by atoms with Crippen LogP contribution >= 0.6 is 0 Å². The van der Waals surface area contributed by atoms with E-state index < -0.39 is 0 Å². The van der Waals surface area contributed by atoms with E-state index in [1.54, 1.807) is 7.11 Å². The monoisotopic (exact) mass is 216 g/mol. The molecule has 3 N–H and O–H groups in total. The van der Waals surface area contributed by atoms with Crippen molar-refractivity contribution >= 4 is 0 Å². The molecular weight excluding hydrogens is 192 g/mol. The molecule has 4 nitrogen and oxygen atoms in total. The largest absolute Gasteiger partial charge is 0.381 e. The first kappa shape index (κ1) is 12.9. The van der Waals surface area contributed by atoms with E-state index in [0.29, 0.717) is 18.5 Å². The summed E-state index contributed by atoms with van der Waals surface area (Å²) in [6, 6.07) is 0.530. The molecule has 4 heteroatoms. The molecule has 3 atom stereocenters. The van der Waals surface area contributed by atoms with E-state index in [1.165, 1.54) is 6.42 Å². The number of nitrogens with one attached hydrogen (secondary N) is 1. The van der Waals surface area contributed by atoms with E-state index >= 15 is 0 Å². The average Bonchev–Trinajstić information content (AvgIpc) is 2.77. The van der Waals surface area contributed by atoms with Crippen LogP contribution in [0, 0.1) is 5.92 Å². The Labute approximate surface area is 92.5 Å². The lowest BCUT2D eigenvalue weighted by molar-refractivity contribution is 0.100. The molecule has 15 heavy (non-hydrogen) atoms. The molecule has 0 aromatic carbocycles. The van der Waals surface area contributed by atoms with E-state index in [0.717, 1.165) is 26.2 Å². The van der Waals surface area contributed by atoms with Gasteiger partial charge in [0.05, 0.1) is 12.7 Å². The molecule has 0 aliphatic carbocycles. The van der Waals surface area contributed by atoms with Gasteiger partial charge in [-0.15, -0.1) is 0 Å². The summed E-state index contributed by atoms with van der Waals surface area (Å²) in [6.45, 7) is 5.61. The molecule has 0 bridgehead atoms. The predicted octanol–water partition coefficient (Wildman–Crippen LogP) is 0.365. The fourth-order valence-corrected chi connectivity index (χ4v) is 1.92. The SMILES string of the molecule is COC(CN)CCNC(C)C1CCOC1. The summed E-state index contributed by atoms with van der Waals surface area (Å²) in [5.74, 6) is 0.670. The smallest absolute Gasteiger partial charge is 0.0705 e. The maximum Gasteiger partial charge on any atom is 0.0705 e. The third-order valence-corrected chi connectivity index (χ3v) is 3.20. The molecule has 3 unspecified atom stereocenters. The summed E-state index contributed by atoms with van der Waals surface area (Å²) in [5.41, 5.74) is 5.55. The topological polar surface area (TPSA) is 56.5 Å². The van der Waals surface area contributed by atoms with Crippen LogP contribution in [0.25, 0.3) is 0 Å². The minimum absolute atomic E-state index is 0.185. The Bertz CT molecular complexity index is 157. The van der Waals surface area contributed by atoms with Gasteiger partial charge >= 0.3 is 0 Å². The Morgan fingerprint density at radius 2 is 2.40 bits per heavy atom. The first-order valence-corrected chi connectivity index (χ1v) is 5.82. The normalized spacial score (nSPS) is 25.4. The van der Waals surface area contributed by atoms with Gasteiger partial charge in [-0.2, -0.15) is 0 Å². The van der Waals surface area contributed by atoms with Gasteiger partial charge in [0.15, 0.2) is 0 Å². The van der Waals surface area contributed by atoms with Crippen LogP contribution in [0.2, 0.25) is 0 Å². The lowest BCUT2D eigenvalue weighted by Crippen LogP contribution is -2.36. The zero-order valence-electron chi connectivity index (χ0n) is 9.87. The fourth-order valence-electron chi connectivity index (χ4n) is 1.92. The van der Waals surface area contributed by atoms with E-state index in [9.17, 15) is 0 Å². The Hall–Kier alpha value is -0.160. The molecule has 0 saturated carbocycles. The molecule has 1 aliphatic heterocycles. The van der Waals surface area contributed by atoms with Crippen LogP contribution in [-0.2, 0) is 9.47 Å². The molecule has 1 rings (SSSR count). The van der Waals surface area contributed by atoms with Crippen molar-refractivity contribution in [1.82, 2.24) is 5.32 Å². The maximum atomic E-state index is 5.55. The summed E-state index contributed by atoms with van der Waals surface area (Å²) in [4.78, 5) is 0. The van der Waals surface area contributed by atoms with Crippen LogP contribution in [0.5, 0.6) is 0 Å². The van der Waals surface area contributed by atoms with Crippen molar-refractivity contribution in [2.75, 3.05) is 33.4 Å². The quantitative estimate of drug-likeness (QED) is 0.645. The number of nitrogens with two attached hydrogens (primary N) is 1. The molecule has 0 radical (unpaired) electrons. The highest BCUT2D eigenvalue weighted by Gasteiger charge is 2.21. The minimum atomic E-state index is 0.185. The van der Waals surface area contributed by atoms with Crippen molar-refractivity contribution in [3.05, 3.63) is 0 Å². The number of hydrogen-bond acceptors (Lipinski definition) is 4. The van der Waals surface area contributed by atoms with Gasteiger partial charge in [0.25, 0.3) is 0 Å². The molecule has 0 amide bonds. The number of rotatable bonds is 7. The Kier molecular flexibility index (Phi) is 6.17. The highest BCUT2D eigenvalue weighted by atomic mass is 16.5. The molecule has 0 aromatic rings. The lowest BCUT2D eigenvalue weighted by atomic mass is 10.0. The summed E-state index contributed by atoms with van der Waals surface area (Å²) in [5, 5.41) is 3.51. The number of hydrogen-bond donors (Lipinski definition) is 2. The van der Waals surface area contributed by atoms with E-state index in [1.807, 2.05) is 0 Å². The summed E-state index contributed by atoms with van der Waals surface area (Å²) >= 11 is 0. The molecular formula is C11H24N2O2. The first-order valence-electron chi connectivity index (χ1n) is 5.82. The third kappa shape index (κ3) is 4.47. The van der Waals surface area contributed by atoms with Gasteiger partial charge in [-0.1, -0.05) is 0 Å². The van der Waals surface area contributed by atoms with E-state index in [4.69, 9.17) is 15.2 Å². The second kappa shape index (κ2) is 7.17. The second-order valence-corrected chi connectivity index (χ2v) is 4.25. The van der Waals surface area contributed by atoms with Crippen molar-refractivity contribution in [3.8, 4) is 0 Å². The van der Waals surface area contributed by atoms with Crippen LogP contribution < -0.4 is 11.1 Å². The van der Waals surface area contributed by atoms with Crippen molar-refractivity contribution < 1.29 is 9.47 Å². The van der Waals surface area contributed by atoms with E-state index in [2.05, 4.69) is 12.2 Å². The molecule has 0 aromatic heterocycles. The third-order valence-electron chi connectivity index (χ3n) is 3.20. The standard InChI is InChI=1S/C11H24N2O2/c1-9(10-4-6-15-8-10)13-5-3-11(7-12)14-2/h9-11,13H,3-8,12H2,1-2H3. The second-order valence-electron chi connectivity index (χ2n) is 4.25. The maximum absolute atomic E-state index is 5.55. The predicted molar refractivity (Wildman–Crippen MR) is 60.9 cm³/mol. The lowest BCUT2D eigenvalue weighted by Gasteiger charge is -2.20. The van der Waals surface area contributed by atoms with Crippen molar-refractivity contribution in [2.45, 2.75) is 31.9 Å². The van der Waals surface area contributed by atoms with Gasteiger partial charge in [0.1, 0.15) is 0 Å². The van der Waals surface area contributed by atoms with Gasteiger partial charge in [-0.3, -0.25) is 0 Å². The van der Waals surface area contributed by atoms with Gasteiger partial charge < -0.3 is 20.5 Å². The zero-order chi connectivity index (χ0) is 11.1. The fraction of sp³-hybridized carbons (Fsp3) is 1.00. The summed E-state index contributed by atoms with van der Waals surface area (Å²) < 4.78 is 10.6. The molecule has 1 fully saturated rings. The van der Waals surface area contributed by atoms with Crippen LogP contribution in [0.1, 0.15) is 19.8 Å². The first-order chi connectivity index (χ1) is 7.27. The van der Waals surface area contributed by atoms with Crippen LogP contribution in [0.3, 0.4) is 0 Å². The Morgan fingerprint density at radius 3 is 2.93 bits per heavy atom. The van der Waals surface area contributed by atoms with Gasteiger partial charge in [-0.25, -0.2) is 0 Å². The van der Waals surface area contributed by atoms with Crippen molar-refractivity contribution in [3.63, 3.8) is 0 Å². The van der Waals surface area contributed by atoms with Crippen LogP contribution in [0.15, 0.2) is 0 Å². The minimum Gasteiger partial charge on any atom is -0.381 e. The summed E-state index contributed by atoms with van der Waals surface area (Å²) in [7, 11) is 1.71. The number of ether oxygens (including phenoxy) is 2. The average molecular weight is 216 g/mol. The molecule has 1 aliphatic rings. The molecule has 1 saturated heterocycles. The van der Waals surface area contributed by atoms with E-state index in [-0.39, 0.29) is 6.10 Å². The van der Waals surface area contributed by atoms with Crippen LogP contribution in [0.4, 0.5) is 0 Å². The van der Waals surface area contributed by atoms with Gasteiger partial charge in [0.2, 0.25) is 0 Å². The molecule has 90 valence electrons. The Balaban J connectivity index is 2.07. The highest BCUT2D eigenvalue weighted by molar-refractivity contribution is 4.76. The van der Waals surface area contributed by atoms with Crippen molar-refractivity contribution in [1.29, 1.82) is 0 Å². The Morgan fingerprint density at radius 1 is 1.60 bits per heavy atom. The van der Waals surface area contributed by atoms with Gasteiger partial charge in [0, 0.05) is 26.3 Å². The van der Waals surface area contributed by atoms with Crippen LogP contribution in [-0.4, -0.2) is 45.6 Å². The molecule has 0 spiro atoms. The zero-order valence-corrected chi connectivity index (χ0v) is 9.87. The highest BCUT2D eigenvalue weighted by Crippen LogP contribution is 2.16. The molecule has 1 heterocycles.